The van der Waals surface area contributed by atoms with Gasteiger partial charge in [0.15, 0.2) is 16.8 Å². The van der Waals surface area contributed by atoms with Crippen molar-refractivity contribution in [1.29, 1.82) is 0 Å². The van der Waals surface area contributed by atoms with Crippen molar-refractivity contribution in [3.8, 4) is 0 Å². The third kappa shape index (κ3) is 26.9. The molecule has 1 unspecified atom stereocenters. The second-order valence-electron chi connectivity index (χ2n) is 19.2. The Kier molecular flexibility index (Phi) is 30.4. The number of hydrogen-bond donors (Lipinski definition) is 17. The summed E-state index contributed by atoms with van der Waals surface area (Å²) in [6.45, 7) is 5.28. The first-order valence-electron chi connectivity index (χ1n) is 25.3. The number of carboxylic acid groups (broad SMARTS) is 2. The Morgan fingerprint density at radius 2 is 0.927 bits per heavy atom. The Morgan fingerprint density at radius 3 is 1.33 bits per heavy atom. The van der Waals surface area contributed by atoms with E-state index in [4.69, 9.17) is 28.7 Å². The molecule has 0 bridgehead atoms. The number of para-hydroxylation sites is 1. The van der Waals surface area contributed by atoms with Gasteiger partial charge in [-0.1, -0.05) is 39.8 Å². The molecule has 0 aromatic heterocycles. The average Bonchev–Trinajstić information content (AvgIpc) is 3.55. The molecule has 22 N–H and O–H groups in total. The number of aliphatic imine (C=N–C) groups is 2. The Bertz CT molecular complexity index is 2630. The monoisotopic (exact) mass is 1190 g/mol. The molecule has 0 heterocycles. The van der Waals surface area contributed by atoms with E-state index in [0.717, 1.165) is 25.1 Å². The minimum atomic E-state index is -4.91. The fraction of sp³-hybridized carbons (Fsp3) is 0.587. The highest BCUT2D eigenvalue weighted by molar-refractivity contribution is 7.89. The van der Waals surface area contributed by atoms with Crippen LogP contribution in [0.4, 0.5) is 5.69 Å². The van der Waals surface area contributed by atoms with Gasteiger partial charge in [0.2, 0.25) is 63.2 Å². The fourth-order valence-electron chi connectivity index (χ4n) is 7.40. The first-order chi connectivity index (χ1) is 38.2. The van der Waals surface area contributed by atoms with Crippen LogP contribution >= 0.6 is 0 Å². The third-order valence-electron chi connectivity index (χ3n) is 11.2. The highest BCUT2D eigenvalue weighted by atomic mass is 32.2. The van der Waals surface area contributed by atoms with Gasteiger partial charge in [-0.3, -0.25) is 72.8 Å². The Hall–Kier alpha value is -8.80. The summed E-state index contributed by atoms with van der Waals surface area (Å²) < 4.78 is 28.8. The van der Waals surface area contributed by atoms with Crippen LogP contribution in [0.15, 0.2) is 39.1 Å². The quantitative estimate of drug-likeness (QED) is 0.00962. The molecule has 0 saturated heterocycles. The number of rotatable bonds is 38. The number of nitro groups is 1. The van der Waals surface area contributed by atoms with Crippen molar-refractivity contribution in [3.05, 3.63) is 34.4 Å². The first-order valence-corrected chi connectivity index (χ1v) is 26.7. The maximum Gasteiger partial charge on any atom is 0.305 e. The van der Waals surface area contributed by atoms with Crippen LogP contribution in [-0.4, -0.2) is 180 Å². The van der Waals surface area contributed by atoms with E-state index in [2.05, 4.69) is 52.5 Å². The van der Waals surface area contributed by atoms with E-state index in [1.165, 1.54) is 6.07 Å². The summed E-state index contributed by atoms with van der Waals surface area (Å²) in [7, 11) is -4.91. The number of aliphatic hydroxyl groups is 1. The number of guanidine groups is 2. The highest BCUT2D eigenvalue weighted by Crippen LogP contribution is 2.22. The lowest BCUT2D eigenvalue weighted by Crippen LogP contribution is -2.62. The topological polar surface area (TPSA) is 589 Å². The maximum absolute atomic E-state index is 14.1. The van der Waals surface area contributed by atoms with E-state index in [1.54, 1.807) is 27.7 Å². The molecule has 0 saturated carbocycles. The number of nitro benzene ring substituents is 1. The first kappa shape index (κ1) is 71.2. The van der Waals surface area contributed by atoms with Gasteiger partial charge in [0.25, 0.3) is 5.69 Å². The van der Waals surface area contributed by atoms with Crippen molar-refractivity contribution in [2.75, 3.05) is 26.2 Å². The Labute approximate surface area is 470 Å². The van der Waals surface area contributed by atoms with Crippen LogP contribution in [0.2, 0.25) is 0 Å². The summed E-state index contributed by atoms with van der Waals surface area (Å²) in [6.07, 6.45) is -2.73. The molecule has 1 aromatic carbocycles. The van der Waals surface area contributed by atoms with Gasteiger partial charge in [-0.15, -0.1) is 0 Å². The number of aliphatic carboxylic acids is 2. The SMILES string of the molecule is CC(=O)N[C@@H](CCCN=C(N)N)C(=O)NC(CNS(=O)(=O)c1ccccc1[N+](=O)[O-])C(=O)N[C@@H](CC(=O)O)C(=O)N[C@@H](CC(C)C)C(=O)N[C@@H](CC(=O)O)C(=O)N[C@@H](CO)C(=O)N[C@@H](CC(C)C)C(=O)N[C@@H](CCCN=C(N)N)C(N)=O. The van der Waals surface area contributed by atoms with Gasteiger partial charge >= 0.3 is 11.9 Å². The van der Waals surface area contributed by atoms with Crippen molar-refractivity contribution in [3.63, 3.8) is 0 Å². The molecule has 0 spiro atoms. The van der Waals surface area contributed by atoms with Crippen molar-refractivity contribution in [2.45, 2.75) is 139 Å². The average molecular weight is 1190 g/mol. The number of carbonyl (C=O) groups is 11. The Morgan fingerprint density at radius 1 is 0.561 bits per heavy atom. The molecular weight excluding hydrogens is 1110 g/mol. The Balaban J connectivity index is 3.59. The molecular formula is C46H75N17O18S. The minimum Gasteiger partial charge on any atom is -0.481 e. The smallest absolute Gasteiger partial charge is 0.305 e. The third-order valence-corrected chi connectivity index (χ3v) is 12.7. The molecule has 1 rings (SSSR count). The van der Waals surface area contributed by atoms with E-state index in [0.29, 0.717) is 0 Å². The predicted molar refractivity (Wildman–Crippen MR) is 289 cm³/mol. The van der Waals surface area contributed by atoms with Crippen molar-refractivity contribution >= 4 is 92.7 Å². The lowest BCUT2D eigenvalue weighted by Gasteiger charge is -2.28. The van der Waals surface area contributed by atoms with Crippen LogP contribution in [0, 0.1) is 22.0 Å². The normalized spacial score (nSPS) is 14.0. The fourth-order valence-corrected chi connectivity index (χ4v) is 8.61. The number of aliphatic hydroxyl groups excluding tert-OH is 1. The molecule has 1 aromatic rings. The molecule has 36 heteroatoms. The number of hydrogen-bond acceptors (Lipinski definition) is 18. The summed E-state index contributed by atoms with van der Waals surface area (Å²) in [6, 6.07) is -10.1. The zero-order valence-electron chi connectivity index (χ0n) is 45.7. The molecule has 458 valence electrons. The van der Waals surface area contributed by atoms with E-state index < -0.39 is 171 Å². The number of nitrogens with two attached hydrogens (primary N) is 5. The summed E-state index contributed by atoms with van der Waals surface area (Å²) in [5.41, 5.74) is 25.9. The van der Waals surface area contributed by atoms with E-state index in [9.17, 15) is 86.6 Å². The summed E-state index contributed by atoms with van der Waals surface area (Å²) >= 11 is 0. The van der Waals surface area contributed by atoms with Gasteiger partial charge in [0.1, 0.15) is 48.3 Å². The van der Waals surface area contributed by atoms with Crippen LogP contribution in [0.1, 0.15) is 86.0 Å². The molecule has 0 aliphatic carbocycles. The lowest BCUT2D eigenvalue weighted by molar-refractivity contribution is -0.387. The van der Waals surface area contributed by atoms with Crippen LogP contribution in [0.5, 0.6) is 0 Å². The minimum absolute atomic E-state index is 0.00789. The molecule has 82 heavy (non-hydrogen) atoms. The lowest BCUT2D eigenvalue weighted by atomic mass is 10.0. The molecule has 9 amide bonds. The molecule has 0 aliphatic heterocycles. The van der Waals surface area contributed by atoms with Gasteiger partial charge < -0.3 is 86.5 Å². The molecule has 35 nitrogen and oxygen atoms in total. The van der Waals surface area contributed by atoms with Gasteiger partial charge in [-0.2, -0.15) is 0 Å². The second kappa shape index (κ2) is 35.0. The summed E-state index contributed by atoms with van der Waals surface area (Å²) in [5.74, 6) is -15.1. The molecule has 8 atom stereocenters. The van der Waals surface area contributed by atoms with Crippen molar-refractivity contribution < 1.29 is 81.4 Å². The molecule has 0 fully saturated rings. The number of primary amides is 1. The van der Waals surface area contributed by atoms with E-state index in [1.807, 2.05) is 4.72 Å². The van der Waals surface area contributed by atoms with Crippen molar-refractivity contribution in [1.82, 2.24) is 47.3 Å². The number of carbonyl (C=O) groups excluding carboxylic acids is 9. The number of sulfonamides is 1. The number of nitrogens with one attached hydrogen (secondary N) is 9. The standard InChI is InChI=1S/C46H75N17O18S/c1-22(2)16-27(39(72)56-25(37(47)70)10-8-14-52-45(48)49)58-44(77)32(21-64)62-42(75)30(19-36(68)69)59-40(73)28(17-23(3)4)57-41(74)29(18-35(66)67)60-43(76)31(20-54-82(80,81)34-13-7-6-12-33(34)63(78)79)61-38(71)26(55-24(5)65)11-9-15-53-46(50)51/h6-7,12-13,22-23,25-32,54,64H,8-11,14-21H2,1-5H3,(H2,47,70)(H,55,65)(H,56,72)(H,57,74)(H,58,77)(H,59,73)(H,60,76)(H,61,71)(H,62,75)(H,66,67)(H,68,69)(H4,48,49,52)(H4,50,51,53)/t25-,26-,27-,28-,29-,30-,31?,32-/m0/s1. The summed E-state index contributed by atoms with van der Waals surface area (Å²) in [4.78, 5) is 162. The van der Waals surface area contributed by atoms with Gasteiger partial charge in [-0.25, -0.2) is 13.1 Å². The largest absolute Gasteiger partial charge is 0.481 e. The van der Waals surface area contributed by atoms with Crippen LogP contribution < -0.4 is 75.9 Å². The van der Waals surface area contributed by atoms with E-state index in [-0.39, 0.29) is 69.5 Å². The molecule has 0 radical (unpaired) electrons. The van der Waals surface area contributed by atoms with Gasteiger partial charge in [0, 0.05) is 32.6 Å². The number of carboxylic acids is 2. The van der Waals surface area contributed by atoms with Crippen molar-refractivity contribution in [2.24, 2.45) is 50.5 Å². The highest BCUT2D eigenvalue weighted by Gasteiger charge is 2.37. The van der Waals surface area contributed by atoms with Gasteiger partial charge in [0.05, 0.1) is 24.4 Å². The zero-order valence-corrected chi connectivity index (χ0v) is 46.5. The summed E-state index contributed by atoms with van der Waals surface area (Å²) in [5, 5.41) is 59.4. The van der Waals surface area contributed by atoms with E-state index >= 15 is 0 Å². The number of amides is 9. The molecule has 0 aliphatic rings. The maximum atomic E-state index is 14.1. The predicted octanol–water partition coefficient (Wildman–Crippen LogP) is -6.60. The van der Waals surface area contributed by atoms with Crippen LogP contribution in [0.25, 0.3) is 0 Å². The van der Waals surface area contributed by atoms with Gasteiger partial charge in [-0.05, 0) is 56.4 Å². The second-order valence-corrected chi connectivity index (χ2v) is 20.9. The number of benzene rings is 1. The van der Waals surface area contributed by atoms with Crippen LogP contribution in [-0.2, 0) is 62.8 Å². The zero-order chi connectivity index (χ0) is 62.6. The number of nitrogens with zero attached hydrogens (tertiary/aromatic N) is 3. The van der Waals surface area contributed by atoms with Crippen LogP contribution in [0.3, 0.4) is 0 Å².